The molecule has 0 spiro atoms. The van der Waals surface area contributed by atoms with Crippen LogP contribution in [-0.4, -0.2) is 40.9 Å². The van der Waals surface area contributed by atoms with E-state index in [4.69, 9.17) is 14.2 Å². The van der Waals surface area contributed by atoms with E-state index in [0.29, 0.717) is 0 Å². The maximum atomic E-state index is 11.3. The minimum Gasteiger partial charge on any atom is -0.481 e. The van der Waals surface area contributed by atoms with Gasteiger partial charge in [-0.3, -0.25) is 0 Å². The molecule has 1 unspecified atom stereocenters. The molecule has 0 bridgehead atoms. The van der Waals surface area contributed by atoms with Gasteiger partial charge in [0.2, 0.25) is 17.4 Å². The van der Waals surface area contributed by atoms with Gasteiger partial charge in [0.05, 0.1) is 20.3 Å². The number of hydrogen-bond acceptors (Lipinski definition) is 6. The first-order valence-corrected chi connectivity index (χ1v) is 5.73. The Labute approximate surface area is 111 Å². The van der Waals surface area contributed by atoms with Gasteiger partial charge in [0.1, 0.15) is 0 Å². The number of aromatic nitrogens is 2. The number of rotatable bonds is 6. The minimum atomic E-state index is -1.43. The van der Waals surface area contributed by atoms with Crippen LogP contribution in [0.25, 0.3) is 0 Å². The van der Waals surface area contributed by atoms with Gasteiger partial charge in [-0.05, 0) is 6.92 Å². The molecule has 1 rings (SSSR count). The van der Waals surface area contributed by atoms with Crippen LogP contribution in [0.5, 0.6) is 17.8 Å². The van der Waals surface area contributed by atoms with Crippen molar-refractivity contribution in [3.63, 3.8) is 0 Å². The largest absolute Gasteiger partial charge is 0.481 e. The van der Waals surface area contributed by atoms with E-state index in [-0.39, 0.29) is 23.7 Å². The van der Waals surface area contributed by atoms with Crippen molar-refractivity contribution in [1.29, 1.82) is 0 Å². The molecule has 0 saturated heterocycles. The van der Waals surface area contributed by atoms with E-state index in [2.05, 4.69) is 9.97 Å². The molecule has 7 heteroatoms. The molecule has 0 saturated carbocycles. The van der Waals surface area contributed by atoms with Gasteiger partial charge in [0.25, 0.3) is 0 Å². The Morgan fingerprint density at radius 2 is 1.74 bits per heavy atom. The molecule has 0 radical (unpaired) electrons. The van der Waals surface area contributed by atoms with Gasteiger partial charge in [-0.1, -0.05) is 13.8 Å². The third-order valence-corrected chi connectivity index (χ3v) is 2.91. The summed E-state index contributed by atoms with van der Waals surface area (Å²) in [6.45, 7) is 4.95. The van der Waals surface area contributed by atoms with Crippen LogP contribution < -0.4 is 14.2 Å². The minimum absolute atomic E-state index is 0.102. The Morgan fingerprint density at radius 1 is 1.26 bits per heavy atom. The van der Waals surface area contributed by atoms with Crippen LogP contribution in [0.15, 0.2) is 6.07 Å². The zero-order valence-corrected chi connectivity index (χ0v) is 11.6. The van der Waals surface area contributed by atoms with Crippen LogP contribution >= 0.6 is 0 Å². The quantitative estimate of drug-likeness (QED) is 0.834. The third-order valence-electron chi connectivity index (χ3n) is 2.91. The lowest BCUT2D eigenvalue weighted by Crippen LogP contribution is -2.46. The van der Waals surface area contributed by atoms with Crippen LogP contribution in [0.4, 0.5) is 0 Å². The third kappa shape index (κ3) is 3.24. The Bertz CT molecular complexity index is 441. The number of hydrogen-bond donors (Lipinski definition) is 1. The van der Waals surface area contributed by atoms with E-state index in [1.807, 2.05) is 0 Å². The summed E-state index contributed by atoms with van der Waals surface area (Å²) >= 11 is 0. The average Bonchev–Trinajstić information content (AvgIpc) is 2.37. The highest BCUT2D eigenvalue weighted by Gasteiger charge is 2.40. The molecular weight excluding hydrogens is 252 g/mol. The molecule has 0 fully saturated rings. The maximum Gasteiger partial charge on any atom is 0.348 e. The van der Waals surface area contributed by atoms with Crippen LogP contribution in [0.2, 0.25) is 0 Å². The van der Waals surface area contributed by atoms with Gasteiger partial charge >= 0.3 is 12.0 Å². The fourth-order valence-corrected chi connectivity index (χ4v) is 1.24. The Kier molecular flexibility index (Phi) is 4.52. The van der Waals surface area contributed by atoms with Crippen molar-refractivity contribution in [3.8, 4) is 17.8 Å². The van der Waals surface area contributed by atoms with E-state index in [9.17, 15) is 9.90 Å². The standard InChI is InChI=1S/C12H18N2O5/c1-7(2)12(3,10(15)16)19-11-13-8(17-4)6-9(14-11)18-5/h6-7H,1-5H3,(H,15,16). The smallest absolute Gasteiger partial charge is 0.348 e. The van der Waals surface area contributed by atoms with Crippen LogP contribution in [0.3, 0.4) is 0 Å². The first kappa shape index (κ1) is 15.0. The second-order valence-corrected chi connectivity index (χ2v) is 4.40. The van der Waals surface area contributed by atoms with Gasteiger partial charge in [-0.2, -0.15) is 9.97 Å². The molecular formula is C12H18N2O5. The molecule has 1 aromatic rings. The lowest BCUT2D eigenvalue weighted by molar-refractivity contribution is -0.158. The van der Waals surface area contributed by atoms with Gasteiger partial charge in [-0.15, -0.1) is 0 Å². The molecule has 0 aromatic carbocycles. The van der Waals surface area contributed by atoms with Crippen LogP contribution in [0.1, 0.15) is 20.8 Å². The van der Waals surface area contributed by atoms with Crippen molar-refractivity contribution in [2.45, 2.75) is 26.4 Å². The van der Waals surface area contributed by atoms with Gasteiger partial charge in [0, 0.05) is 5.92 Å². The van der Waals surface area contributed by atoms with E-state index in [0.717, 1.165) is 0 Å². The lowest BCUT2D eigenvalue weighted by Gasteiger charge is -2.28. The number of carboxylic acid groups (broad SMARTS) is 1. The van der Waals surface area contributed by atoms with Crippen molar-refractivity contribution in [3.05, 3.63) is 6.07 Å². The highest BCUT2D eigenvalue weighted by Crippen LogP contribution is 2.26. The summed E-state index contributed by atoms with van der Waals surface area (Å²) in [5.41, 5.74) is -1.43. The van der Waals surface area contributed by atoms with Gasteiger partial charge < -0.3 is 19.3 Å². The van der Waals surface area contributed by atoms with Crippen LogP contribution in [0, 0.1) is 5.92 Å². The van der Waals surface area contributed by atoms with Crippen molar-refractivity contribution in [1.82, 2.24) is 9.97 Å². The number of aliphatic carboxylic acids is 1. The van der Waals surface area contributed by atoms with E-state index >= 15 is 0 Å². The fourth-order valence-electron chi connectivity index (χ4n) is 1.24. The first-order chi connectivity index (χ1) is 8.83. The molecule has 0 amide bonds. The zero-order chi connectivity index (χ0) is 14.6. The molecule has 19 heavy (non-hydrogen) atoms. The second kappa shape index (κ2) is 5.73. The molecule has 0 aliphatic heterocycles. The lowest BCUT2D eigenvalue weighted by atomic mass is 9.92. The Hall–Kier alpha value is -2.05. The number of nitrogens with zero attached hydrogens (tertiary/aromatic N) is 2. The monoisotopic (exact) mass is 270 g/mol. The van der Waals surface area contributed by atoms with E-state index in [1.54, 1.807) is 13.8 Å². The molecule has 7 nitrogen and oxygen atoms in total. The normalized spacial score (nSPS) is 13.8. The van der Waals surface area contributed by atoms with Crippen LogP contribution in [-0.2, 0) is 4.79 Å². The highest BCUT2D eigenvalue weighted by atomic mass is 16.5. The molecule has 1 heterocycles. The average molecular weight is 270 g/mol. The number of carboxylic acids is 1. The summed E-state index contributed by atoms with van der Waals surface area (Å²) in [5, 5.41) is 9.27. The van der Waals surface area contributed by atoms with Gasteiger partial charge in [0.15, 0.2) is 0 Å². The molecule has 1 atom stereocenters. The Balaban J connectivity index is 3.13. The van der Waals surface area contributed by atoms with E-state index < -0.39 is 11.6 Å². The highest BCUT2D eigenvalue weighted by molar-refractivity contribution is 5.77. The second-order valence-electron chi connectivity index (χ2n) is 4.40. The predicted molar refractivity (Wildman–Crippen MR) is 66.6 cm³/mol. The predicted octanol–water partition coefficient (Wildman–Crippen LogP) is 1.37. The summed E-state index contributed by atoms with van der Waals surface area (Å²) in [5.74, 6) is -0.893. The first-order valence-electron chi connectivity index (χ1n) is 5.73. The number of ether oxygens (including phenoxy) is 3. The molecule has 106 valence electrons. The summed E-state index contributed by atoms with van der Waals surface area (Å²) in [7, 11) is 2.87. The molecule has 0 aliphatic carbocycles. The number of methoxy groups -OCH3 is 2. The molecule has 1 aromatic heterocycles. The maximum absolute atomic E-state index is 11.3. The zero-order valence-electron chi connectivity index (χ0n) is 11.6. The summed E-state index contributed by atoms with van der Waals surface area (Å²) in [6, 6.07) is 1.37. The van der Waals surface area contributed by atoms with E-state index in [1.165, 1.54) is 27.2 Å². The SMILES string of the molecule is COc1cc(OC)nc(OC(C)(C(=O)O)C(C)C)n1. The topological polar surface area (TPSA) is 90.8 Å². The van der Waals surface area contributed by atoms with Gasteiger partial charge in [-0.25, -0.2) is 4.79 Å². The van der Waals surface area contributed by atoms with Crippen molar-refractivity contribution in [2.24, 2.45) is 5.92 Å². The van der Waals surface area contributed by atoms with Crippen molar-refractivity contribution >= 4 is 5.97 Å². The Morgan fingerprint density at radius 3 is 2.05 bits per heavy atom. The molecule has 0 aliphatic rings. The molecule has 1 N–H and O–H groups in total. The summed E-state index contributed by atoms with van der Waals surface area (Å²) in [4.78, 5) is 19.2. The van der Waals surface area contributed by atoms with Crippen molar-refractivity contribution in [2.75, 3.05) is 14.2 Å². The fraction of sp³-hybridized carbons (Fsp3) is 0.583. The summed E-state index contributed by atoms with van der Waals surface area (Å²) in [6.07, 6.45) is 0. The summed E-state index contributed by atoms with van der Waals surface area (Å²) < 4.78 is 15.4. The van der Waals surface area contributed by atoms with Crippen molar-refractivity contribution < 1.29 is 24.1 Å². The number of carbonyl (C=O) groups is 1.